The average Bonchev–Trinajstić information content (AvgIpc) is 3.19. The van der Waals surface area contributed by atoms with Gasteiger partial charge in [-0.2, -0.15) is 0 Å². The lowest BCUT2D eigenvalue weighted by Gasteiger charge is -2.07. The fourth-order valence-electron chi connectivity index (χ4n) is 3.29. The van der Waals surface area contributed by atoms with E-state index in [1.807, 2.05) is 25.1 Å². The summed E-state index contributed by atoms with van der Waals surface area (Å²) in [4.78, 5) is 17.1. The van der Waals surface area contributed by atoms with Crippen molar-refractivity contribution >= 4 is 22.7 Å². The molecule has 4 aromatic rings. The molecule has 0 aliphatic heterocycles. The first-order chi connectivity index (χ1) is 14.6. The van der Waals surface area contributed by atoms with Gasteiger partial charge in [0, 0.05) is 12.3 Å². The average molecular weight is 421 g/mol. The second-order valence-electron chi connectivity index (χ2n) is 7.39. The van der Waals surface area contributed by atoms with Crippen LogP contribution in [0.2, 0.25) is 0 Å². The van der Waals surface area contributed by atoms with E-state index in [1.165, 1.54) is 5.56 Å². The van der Waals surface area contributed by atoms with E-state index in [1.54, 1.807) is 22.7 Å². The highest BCUT2D eigenvalue weighted by molar-refractivity contribution is 7.99. The number of benzene rings is 2. The van der Waals surface area contributed by atoms with E-state index in [2.05, 4.69) is 46.4 Å². The highest BCUT2D eigenvalue weighted by Crippen LogP contribution is 2.19. The SMILES string of the molecule is Cc1ccc(Cc2nnc(SCCCCn3cnc4c(C)cccc4c3=O)o2)cc1. The van der Waals surface area contributed by atoms with Crippen molar-refractivity contribution in [2.24, 2.45) is 0 Å². The highest BCUT2D eigenvalue weighted by atomic mass is 32.2. The maximum absolute atomic E-state index is 12.6. The lowest BCUT2D eigenvalue weighted by atomic mass is 10.1. The molecule has 2 aromatic carbocycles. The van der Waals surface area contributed by atoms with Crippen molar-refractivity contribution in [1.82, 2.24) is 19.7 Å². The molecule has 154 valence electrons. The second-order valence-corrected chi connectivity index (χ2v) is 8.44. The molecule has 0 saturated heterocycles. The third-order valence-corrected chi connectivity index (χ3v) is 5.90. The fraction of sp³-hybridized carbons (Fsp3) is 0.304. The zero-order valence-electron chi connectivity index (χ0n) is 17.2. The number of nitrogens with zero attached hydrogens (tertiary/aromatic N) is 4. The minimum absolute atomic E-state index is 0.0222. The summed E-state index contributed by atoms with van der Waals surface area (Å²) in [6.07, 6.45) is 4.13. The first kappa shape index (κ1) is 20.3. The van der Waals surface area contributed by atoms with Gasteiger partial charge in [0.05, 0.1) is 23.7 Å². The van der Waals surface area contributed by atoms with Crippen LogP contribution >= 0.6 is 11.8 Å². The van der Waals surface area contributed by atoms with Gasteiger partial charge in [-0.15, -0.1) is 10.2 Å². The lowest BCUT2D eigenvalue weighted by molar-refractivity contribution is 0.420. The predicted molar refractivity (Wildman–Crippen MR) is 119 cm³/mol. The molecule has 0 fully saturated rings. The molecule has 0 aliphatic carbocycles. The van der Waals surface area contributed by atoms with Crippen LogP contribution in [0.5, 0.6) is 0 Å². The molecule has 4 rings (SSSR count). The summed E-state index contributed by atoms with van der Waals surface area (Å²) in [6, 6.07) is 14.0. The van der Waals surface area contributed by atoms with Crippen molar-refractivity contribution in [3.63, 3.8) is 0 Å². The topological polar surface area (TPSA) is 73.8 Å². The van der Waals surface area contributed by atoms with Crippen LogP contribution in [0.1, 0.15) is 35.4 Å². The standard InChI is InChI=1S/C23H24N4O2S/c1-16-8-10-18(11-9-16)14-20-25-26-23(29-20)30-13-4-3-12-27-15-24-21-17(2)6-5-7-19(21)22(27)28/h5-11,15H,3-4,12-14H2,1-2H3. The van der Waals surface area contributed by atoms with Crippen LogP contribution in [0.25, 0.3) is 10.9 Å². The Morgan fingerprint density at radius 3 is 2.70 bits per heavy atom. The Bertz CT molecular complexity index is 1200. The molecule has 0 atom stereocenters. The van der Waals surface area contributed by atoms with Gasteiger partial charge < -0.3 is 4.42 Å². The predicted octanol–water partition coefficient (Wildman–Crippen LogP) is 4.56. The van der Waals surface area contributed by atoms with Crippen LogP contribution < -0.4 is 5.56 Å². The molecule has 0 radical (unpaired) electrons. The minimum Gasteiger partial charge on any atom is -0.416 e. The van der Waals surface area contributed by atoms with Crippen LogP contribution in [-0.4, -0.2) is 25.5 Å². The summed E-state index contributed by atoms with van der Waals surface area (Å²) >= 11 is 1.55. The van der Waals surface area contributed by atoms with Crippen molar-refractivity contribution in [2.45, 2.75) is 44.9 Å². The Morgan fingerprint density at radius 2 is 1.87 bits per heavy atom. The quantitative estimate of drug-likeness (QED) is 0.307. The number of aromatic nitrogens is 4. The maximum atomic E-state index is 12.6. The Hall–Kier alpha value is -2.93. The van der Waals surface area contributed by atoms with Crippen molar-refractivity contribution < 1.29 is 4.42 Å². The first-order valence-corrected chi connectivity index (χ1v) is 11.0. The fourth-order valence-corrected chi connectivity index (χ4v) is 4.07. The first-order valence-electron chi connectivity index (χ1n) is 10.1. The van der Waals surface area contributed by atoms with Gasteiger partial charge in [0.25, 0.3) is 10.8 Å². The van der Waals surface area contributed by atoms with Gasteiger partial charge in [-0.3, -0.25) is 9.36 Å². The van der Waals surface area contributed by atoms with Crippen LogP contribution in [-0.2, 0) is 13.0 Å². The van der Waals surface area contributed by atoms with E-state index in [9.17, 15) is 4.79 Å². The van der Waals surface area contributed by atoms with Gasteiger partial charge in [-0.05, 0) is 43.9 Å². The monoisotopic (exact) mass is 420 g/mol. The van der Waals surface area contributed by atoms with E-state index >= 15 is 0 Å². The number of aryl methyl sites for hydroxylation is 3. The molecule has 0 bridgehead atoms. The van der Waals surface area contributed by atoms with Crippen LogP contribution in [0, 0.1) is 13.8 Å². The number of para-hydroxylation sites is 1. The maximum Gasteiger partial charge on any atom is 0.276 e. The molecule has 2 aromatic heterocycles. The van der Waals surface area contributed by atoms with Crippen LogP contribution in [0.4, 0.5) is 0 Å². The van der Waals surface area contributed by atoms with Crippen molar-refractivity contribution in [3.05, 3.63) is 81.7 Å². The number of rotatable bonds is 8. The summed E-state index contributed by atoms with van der Waals surface area (Å²) in [5.74, 6) is 1.49. The van der Waals surface area contributed by atoms with E-state index < -0.39 is 0 Å². The molecule has 30 heavy (non-hydrogen) atoms. The van der Waals surface area contributed by atoms with Crippen LogP contribution in [0.3, 0.4) is 0 Å². The van der Waals surface area contributed by atoms with E-state index in [0.29, 0.717) is 29.5 Å². The summed E-state index contributed by atoms with van der Waals surface area (Å²) in [5, 5.41) is 9.53. The zero-order valence-corrected chi connectivity index (χ0v) is 18.0. The summed E-state index contributed by atoms with van der Waals surface area (Å²) < 4.78 is 7.43. The zero-order chi connectivity index (χ0) is 20.9. The lowest BCUT2D eigenvalue weighted by Crippen LogP contribution is -2.21. The largest absolute Gasteiger partial charge is 0.416 e. The van der Waals surface area contributed by atoms with Crippen molar-refractivity contribution in [1.29, 1.82) is 0 Å². The van der Waals surface area contributed by atoms with Gasteiger partial charge in [0.1, 0.15) is 0 Å². The molecule has 0 unspecified atom stereocenters. The third kappa shape index (κ3) is 4.79. The normalized spacial score (nSPS) is 11.3. The van der Waals surface area contributed by atoms with E-state index in [-0.39, 0.29) is 5.56 Å². The van der Waals surface area contributed by atoms with Gasteiger partial charge in [0.2, 0.25) is 5.89 Å². The molecule has 7 heteroatoms. The number of hydrogen-bond donors (Lipinski definition) is 0. The summed E-state index contributed by atoms with van der Waals surface area (Å²) in [7, 11) is 0. The molecule has 0 aliphatic rings. The number of unbranched alkanes of at least 4 members (excludes halogenated alkanes) is 1. The molecule has 0 amide bonds. The molecular formula is C23H24N4O2S. The molecule has 0 saturated carbocycles. The van der Waals surface area contributed by atoms with Crippen LogP contribution in [0.15, 0.2) is 63.2 Å². The molecule has 0 spiro atoms. The molecule has 0 N–H and O–H groups in total. The number of hydrogen-bond acceptors (Lipinski definition) is 6. The Balaban J connectivity index is 1.25. The van der Waals surface area contributed by atoms with E-state index in [0.717, 1.165) is 35.2 Å². The van der Waals surface area contributed by atoms with Crippen molar-refractivity contribution in [3.8, 4) is 0 Å². The van der Waals surface area contributed by atoms with Gasteiger partial charge >= 0.3 is 0 Å². The molecular weight excluding hydrogens is 396 g/mol. The van der Waals surface area contributed by atoms with Gasteiger partial charge in [-0.25, -0.2) is 4.98 Å². The number of thioether (sulfide) groups is 1. The number of fused-ring (bicyclic) bond motifs is 1. The van der Waals surface area contributed by atoms with E-state index in [4.69, 9.17) is 4.42 Å². The Kier molecular flexibility index (Phi) is 6.28. The molecule has 6 nitrogen and oxygen atoms in total. The van der Waals surface area contributed by atoms with Gasteiger partial charge in [0.15, 0.2) is 0 Å². The molecule has 2 heterocycles. The Morgan fingerprint density at radius 1 is 1.03 bits per heavy atom. The Labute approximate surface area is 179 Å². The van der Waals surface area contributed by atoms with Crippen molar-refractivity contribution in [2.75, 3.05) is 5.75 Å². The summed E-state index contributed by atoms with van der Waals surface area (Å²) in [6.45, 7) is 4.69. The summed E-state index contributed by atoms with van der Waals surface area (Å²) in [5.41, 5.74) is 4.22. The highest BCUT2D eigenvalue weighted by Gasteiger charge is 2.08. The smallest absolute Gasteiger partial charge is 0.276 e. The van der Waals surface area contributed by atoms with Gasteiger partial charge in [-0.1, -0.05) is 53.7 Å². The second kappa shape index (κ2) is 9.26. The minimum atomic E-state index is 0.0222. The third-order valence-electron chi connectivity index (χ3n) is 5.00.